The fraction of sp³-hybridized carbons (Fsp3) is 0.222. The third kappa shape index (κ3) is 4.37. The second kappa shape index (κ2) is 7.94. The highest BCUT2D eigenvalue weighted by Crippen LogP contribution is 2.39. The predicted octanol–water partition coefficient (Wildman–Crippen LogP) is 4.13. The van der Waals surface area contributed by atoms with Crippen LogP contribution in [-0.2, 0) is 4.79 Å². The highest BCUT2D eigenvalue weighted by molar-refractivity contribution is 6.35. The van der Waals surface area contributed by atoms with E-state index >= 15 is 0 Å². The summed E-state index contributed by atoms with van der Waals surface area (Å²) >= 11 is 12.3. The number of halogens is 2. The Labute approximate surface area is 165 Å². The van der Waals surface area contributed by atoms with Crippen LogP contribution in [0, 0.1) is 0 Å². The van der Waals surface area contributed by atoms with Crippen molar-refractivity contribution in [2.24, 2.45) is 0 Å². The highest BCUT2D eigenvalue weighted by Gasteiger charge is 2.33. The number of carbonyl (C=O) groups is 2. The number of nitrogens with one attached hydrogen (secondary N) is 3. The van der Waals surface area contributed by atoms with Gasteiger partial charge in [0, 0.05) is 33.4 Å². The number of urea groups is 1. The SMILES string of the molecule is COc1ccc(NC(=O)N[C@@H]2C[C@@H](C(=O)O)Nc3cc(Cl)cc(Cl)c32)cc1. The number of methoxy groups -OCH3 is 1. The molecular formula is C18H17Cl2N3O4. The summed E-state index contributed by atoms with van der Waals surface area (Å²) in [7, 11) is 1.55. The fourth-order valence-corrected chi connectivity index (χ4v) is 3.58. The van der Waals surface area contributed by atoms with Gasteiger partial charge in [-0.25, -0.2) is 9.59 Å². The van der Waals surface area contributed by atoms with Gasteiger partial charge in [-0.2, -0.15) is 0 Å². The zero-order valence-electron chi connectivity index (χ0n) is 14.3. The van der Waals surface area contributed by atoms with Crippen LogP contribution in [-0.4, -0.2) is 30.3 Å². The number of anilines is 2. The molecule has 7 nitrogen and oxygen atoms in total. The van der Waals surface area contributed by atoms with Crippen LogP contribution >= 0.6 is 23.2 Å². The normalized spacial score (nSPS) is 18.0. The maximum Gasteiger partial charge on any atom is 0.326 e. The number of carboxylic acids is 1. The van der Waals surface area contributed by atoms with Gasteiger partial charge in [-0.1, -0.05) is 23.2 Å². The summed E-state index contributed by atoms with van der Waals surface area (Å²) in [6, 6.07) is 8.03. The molecule has 0 spiro atoms. The first-order chi connectivity index (χ1) is 12.9. The molecule has 0 aromatic heterocycles. The summed E-state index contributed by atoms with van der Waals surface area (Å²) in [6.45, 7) is 0. The van der Waals surface area contributed by atoms with Gasteiger partial charge >= 0.3 is 12.0 Å². The summed E-state index contributed by atoms with van der Waals surface area (Å²) in [5.41, 5.74) is 1.66. The molecule has 9 heteroatoms. The molecule has 3 rings (SSSR count). The minimum Gasteiger partial charge on any atom is -0.497 e. The van der Waals surface area contributed by atoms with Crippen molar-refractivity contribution in [2.45, 2.75) is 18.5 Å². The lowest BCUT2D eigenvalue weighted by Crippen LogP contribution is -2.42. The number of fused-ring (bicyclic) bond motifs is 1. The molecule has 0 bridgehead atoms. The van der Waals surface area contributed by atoms with E-state index in [-0.39, 0.29) is 6.42 Å². The summed E-state index contributed by atoms with van der Waals surface area (Å²) in [5.74, 6) is -0.361. The van der Waals surface area contributed by atoms with Gasteiger partial charge in [0.15, 0.2) is 0 Å². The smallest absolute Gasteiger partial charge is 0.326 e. The van der Waals surface area contributed by atoms with Crippen LogP contribution in [0.3, 0.4) is 0 Å². The van der Waals surface area contributed by atoms with Crippen molar-refractivity contribution in [3.05, 3.63) is 52.0 Å². The first-order valence-corrected chi connectivity index (χ1v) is 8.83. The van der Waals surface area contributed by atoms with Gasteiger partial charge in [-0.05, 0) is 36.4 Å². The first-order valence-electron chi connectivity index (χ1n) is 8.07. The molecule has 1 aliphatic rings. The molecule has 2 aromatic carbocycles. The van der Waals surface area contributed by atoms with Crippen LogP contribution in [0.4, 0.5) is 16.2 Å². The van der Waals surface area contributed by atoms with Gasteiger partial charge in [0.2, 0.25) is 0 Å². The lowest BCUT2D eigenvalue weighted by Gasteiger charge is -2.32. The van der Waals surface area contributed by atoms with Crippen LogP contribution in [0.2, 0.25) is 10.0 Å². The zero-order chi connectivity index (χ0) is 19.6. The lowest BCUT2D eigenvalue weighted by atomic mass is 9.93. The molecule has 142 valence electrons. The van der Waals surface area contributed by atoms with E-state index in [1.165, 1.54) is 0 Å². The molecule has 4 N–H and O–H groups in total. The minimum atomic E-state index is -1.03. The third-order valence-electron chi connectivity index (χ3n) is 4.20. The number of amides is 2. The largest absolute Gasteiger partial charge is 0.497 e. The maximum atomic E-state index is 12.4. The summed E-state index contributed by atoms with van der Waals surface area (Å²) in [5, 5.41) is 18.5. The molecule has 1 aliphatic heterocycles. The summed E-state index contributed by atoms with van der Waals surface area (Å²) in [4.78, 5) is 23.9. The van der Waals surface area contributed by atoms with E-state index in [1.807, 2.05) is 0 Å². The molecule has 2 amide bonds. The zero-order valence-corrected chi connectivity index (χ0v) is 15.8. The Balaban J connectivity index is 1.80. The van der Waals surface area contributed by atoms with Crippen LogP contribution in [0.15, 0.2) is 36.4 Å². The van der Waals surface area contributed by atoms with Gasteiger partial charge in [-0.15, -0.1) is 0 Å². The molecular weight excluding hydrogens is 393 g/mol. The number of hydrogen-bond donors (Lipinski definition) is 4. The quantitative estimate of drug-likeness (QED) is 0.608. The average molecular weight is 410 g/mol. The van der Waals surface area contributed by atoms with Crippen LogP contribution in [0.1, 0.15) is 18.0 Å². The summed E-state index contributed by atoms with van der Waals surface area (Å²) in [6.07, 6.45) is 0.139. The molecule has 0 fully saturated rings. The van der Waals surface area contributed by atoms with Gasteiger partial charge in [-0.3, -0.25) is 0 Å². The van der Waals surface area contributed by atoms with Crippen molar-refractivity contribution in [3.63, 3.8) is 0 Å². The molecule has 0 unspecified atom stereocenters. The second-order valence-electron chi connectivity index (χ2n) is 6.00. The Morgan fingerprint density at radius 2 is 1.93 bits per heavy atom. The number of rotatable bonds is 4. The van der Waals surface area contributed by atoms with E-state index in [2.05, 4.69) is 16.0 Å². The van der Waals surface area contributed by atoms with Crippen molar-refractivity contribution >= 4 is 46.6 Å². The second-order valence-corrected chi connectivity index (χ2v) is 6.84. The van der Waals surface area contributed by atoms with E-state index in [9.17, 15) is 14.7 Å². The van der Waals surface area contributed by atoms with Crippen molar-refractivity contribution in [3.8, 4) is 5.75 Å². The van der Waals surface area contributed by atoms with Gasteiger partial charge in [0.1, 0.15) is 11.8 Å². The van der Waals surface area contributed by atoms with E-state index in [4.69, 9.17) is 27.9 Å². The molecule has 2 aromatic rings. The average Bonchev–Trinajstić information content (AvgIpc) is 2.61. The Morgan fingerprint density at radius 3 is 2.56 bits per heavy atom. The summed E-state index contributed by atoms with van der Waals surface area (Å²) < 4.78 is 5.08. The van der Waals surface area contributed by atoms with E-state index in [1.54, 1.807) is 43.5 Å². The van der Waals surface area contributed by atoms with Crippen LogP contribution in [0.25, 0.3) is 0 Å². The molecule has 0 saturated heterocycles. The Bertz CT molecular complexity index is 874. The van der Waals surface area contributed by atoms with Crippen molar-refractivity contribution in [1.82, 2.24) is 5.32 Å². The Kier molecular flexibility index (Phi) is 5.62. The number of carbonyl (C=O) groups excluding carboxylic acids is 1. The number of benzene rings is 2. The van der Waals surface area contributed by atoms with Crippen LogP contribution < -0.4 is 20.7 Å². The van der Waals surface area contributed by atoms with Gasteiger partial charge in [0.05, 0.1) is 13.2 Å². The molecule has 1 heterocycles. The molecule has 0 aliphatic carbocycles. The standard InChI is InChI=1S/C18H17Cl2N3O4/c1-27-11-4-2-10(3-5-11)21-18(26)23-14-8-15(17(24)25)22-13-7-9(19)6-12(20)16(13)14/h2-7,14-15,22H,8H2,1H3,(H,24,25)(H2,21,23,26)/t14-,15+/m1/s1. The van der Waals surface area contributed by atoms with Gasteiger partial charge in [0.25, 0.3) is 0 Å². The minimum absolute atomic E-state index is 0.139. The maximum absolute atomic E-state index is 12.4. The van der Waals surface area contributed by atoms with Crippen molar-refractivity contribution in [2.75, 3.05) is 17.7 Å². The topological polar surface area (TPSA) is 99.7 Å². The number of carboxylic acid groups (broad SMARTS) is 1. The van der Waals surface area contributed by atoms with Crippen molar-refractivity contribution < 1.29 is 19.4 Å². The monoisotopic (exact) mass is 409 g/mol. The number of hydrogen-bond acceptors (Lipinski definition) is 4. The Morgan fingerprint density at radius 1 is 1.22 bits per heavy atom. The van der Waals surface area contributed by atoms with E-state index in [0.717, 1.165) is 0 Å². The van der Waals surface area contributed by atoms with E-state index in [0.29, 0.717) is 32.7 Å². The molecule has 0 radical (unpaired) electrons. The molecule has 2 atom stereocenters. The fourth-order valence-electron chi connectivity index (χ4n) is 2.95. The van der Waals surface area contributed by atoms with Crippen molar-refractivity contribution in [1.29, 1.82) is 0 Å². The first kappa shape index (κ1) is 19.1. The third-order valence-corrected chi connectivity index (χ3v) is 4.73. The highest BCUT2D eigenvalue weighted by atomic mass is 35.5. The van der Waals surface area contributed by atoms with Crippen LogP contribution in [0.5, 0.6) is 5.75 Å². The Hall–Kier alpha value is -2.64. The van der Waals surface area contributed by atoms with E-state index < -0.39 is 24.1 Å². The number of ether oxygens (including phenoxy) is 1. The predicted molar refractivity (Wildman–Crippen MR) is 104 cm³/mol. The van der Waals surface area contributed by atoms with Gasteiger partial charge < -0.3 is 25.8 Å². The lowest BCUT2D eigenvalue weighted by molar-refractivity contribution is -0.138. The molecule has 0 saturated carbocycles. The molecule has 27 heavy (non-hydrogen) atoms. The number of aliphatic carboxylic acids is 1.